The van der Waals surface area contributed by atoms with Crippen LogP contribution in [0.5, 0.6) is 0 Å². The van der Waals surface area contributed by atoms with E-state index in [9.17, 15) is 9.18 Å². The maximum Gasteiger partial charge on any atom is 0.224 e. The van der Waals surface area contributed by atoms with Crippen LogP contribution >= 0.6 is 11.6 Å². The Labute approximate surface area is 124 Å². The molecule has 0 aliphatic carbocycles. The van der Waals surface area contributed by atoms with Gasteiger partial charge in [0.15, 0.2) is 0 Å². The van der Waals surface area contributed by atoms with Crippen LogP contribution in [0.2, 0.25) is 5.02 Å². The number of benzene rings is 1. The highest BCUT2D eigenvalue weighted by atomic mass is 35.5. The lowest BCUT2D eigenvalue weighted by atomic mass is 9.96. The smallest absolute Gasteiger partial charge is 0.224 e. The summed E-state index contributed by atoms with van der Waals surface area (Å²) in [4.78, 5) is 14.0. The number of hydrogen-bond donors (Lipinski definition) is 1. The van der Waals surface area contributed by atoms with Gasteiger partial charge in [0, 0.05) is 30.2 Å². The Balaban J connectivity index is 2.01. The molecule has 1 aromatic carbocycles. The minimum atomic E-state index is -0.280. The fourth-order valence-corrected chi connectivity index (χ4v) is 2.86. The Morgan fingerprint density at radius 3 is 3.05 bits per heavy atom. The highest BCUT2D eigenvalue weighted by Crippen LogP contribution is 2.24. The molecule has 1 aliphatic heterocycles. The molecule has 1 amide bonds. The number of carbonyl (C=O) groups is 1. The zero-order chi connectivity index (χ0) is 14.5. The molecule has 0 spiro atoms. The van der Waals surface area contributed by atoms with Gasteiger partial charge in [-0.25, -0.2) is 4.39 Å². The number of nitrogens with one attached hydrogen (secondary N) is 1. The molecule has 1 atom stereocenters. The topological polar surface area (TPSA) is 32.3 Å². The van der Waals surface area contributed by atoms with Gasteiger partial charge in [-0.05, 0) is 38.4 Å². The molecule has 1 aromatic rings. The number of halogens is 2. The van der Waals surface area contributed by atoms with Crippen molar-refractivity contribution in [3.05, 3.63) is 34.6 Å². The van der Waals surface area contributed by atoms with E-state index >= 15 is 0 Å². The summed E-state index contributed by atoms with van der Waals surface area (Å²) in [6.45, 7) is 4.56. The maximum atomic E-state index is 13.8. The van der Waals surface area contributed by atoms with Gasteiger partial charge in [-0.15, -0.1) is 0 Å². The molecule has 110 valence electrons. The van der Waals surface area contributed by atoms with E-state index in [-0.39, 0.29) is 17.6 Å². The molecule has 1 fully saturated rings. The van der Waals surface area contributed by atoms with Gasteiger partial charge in [0.2, 0.25) is 5.91 Å². The van der Waals surface area contributed by atoms with Crippen molar-refractivity contribution in [2.75, 3.05) is 19.6 Å². The van der Waals surface area contributed by atoms with Crippen molar-refractivity contribution < 1.29 is 9.18 Å². The lowest BCUT2D eigenvalue weighted by molar-refractivity contribution is -0.126. The van der Waals surface area contributed by atoms with Crippen molar-refractivity contribution in [2.45, 2.75) is 26.3 Å². The molecule has 0 aromatic heterocycles. The third-order valence-electron chi connectivity index (χ3n) is 3.67. The summed E-state index contributed by atoms with van der Waals surface area (Å²) in [5.41, 5.74) is 0.519. The minimum absolute atomic E-state index is 0.00533. The lowest BCUT2D eigenvalue weighted by Gasteiger charge is -2.32. The summed E-state index contributed by atoms with van der Waals surface area (Å²) in [7, 11) is 0. The van der Waals surface area contributed by atoms with Crippen molar-refractivity contribution in [3.8, 4) is 0 Å². The summed E-state index contributed by atoms with van der Waals surface area (Å²) >= 11 is 6.05. The number of rotatable bonds is 4. The monoisotopic (exact) mass is 298 g/mol. The summed E-state index contributed by atoms with van der Waals surface area (Å²) in [5.74, 6) is -0.191. The minimum Gasteiger partial charge on any atom is -0.356 e. The van der Waals surface area contributed by atoms with E-state index in [1.165, 1.54) is 6.07 Å². The quantitative estimate of drug-likeness (QED) is 0.927. The summed E-state index contributed by atoms with van der Waals surface area (Å²) in [5, 5.41) is 3.31. The highest BCUT2D eigenvalue weighted by molar-refractivity contribution is 6.31. The van der Waals surface area contributed by atoms with E-state index in [2.05, 4.69) is 10.2 Å². The number of hydrogen-bond acceptors (Lipinski definition) is 2. The van der Waals surface area contributed by atoms with Crippen molar-refractivity contribution in [1.29, 1.82) is 0 Å². The third kappa shape index (κ3) is 3.70. The van der Waals surface area contributed by atoms with Crippen LogP contribution in [0, 0.1) is 11.7 Å². The lowest BCUT2D eigenvalue weighted by Crippen LogP contribution is -2.42. The van der Waals surface area contributed by atoms with Crippen LogP contribution < -0.4 is 5.32 Å². The average Bonchev–Trinajstić information content (AvgIpc) is 2.44. The zero-order valence-corrected chi connectivity index (χ0v) is 12.4. The van der Waals surface area contributed by atoms with Gasteiger partial charge < -0.3 is 5.32 Å². The molecule has 3 nitrogen and oxygen atoms in total. The van der Waals surface area contributed by atoms with Crippen LogP contribution in [0.25, 0.3) is 0 Å². The molecule has 1 aliphatic rings. The van der Waals surface area contributed by atoms with E-state index in [0.29, 0.717) is 30.2 Å². The predicted molar refractivity (Wildman–Crippen MR) is 78.1 cm³/mol. The van der Waals surface area contributed by atoms with Gasteiger partial charge in [-0.2, -0.15) is 0 Å². The van der Waals surface area contributed by atoms with Crippen molar-refractivity contribution in [3.63, 3.8) is 0 Å². The molecule has 1 heterocycles. The van der Waals surface area contributed by atoms with Crippen LogP contribution in [0.3, 0.4) is 0 Å². The second-order valence-corrected chi connectivity index (χ2v) is 5.58. The Bertz CT molecular complexity index is 461. The van der Waals surface area contributed by atoms with Gasteiger partial charge in [0.05, 0.1) is 5.92 Å². The zero-order valence-electron chi connectivity index (χ0n) is 11.7. The van der Waals surface area contributed by atoms with Crippen LogP contribution in [-0.4, -0.2) is 30.4 Å². The molecule has 1 N–H and O–H groups in total. The third-order valence-corrected chi connectivity index (χ3v) is 4.02. The summed E-state index contributed by atoms with van der Waals surface area (Å²) < 4.78 is 13.8. The van der Waals surface area contributed by atoms with E-state index in [0.717, 1.165) is 19.4 Å². The number of nitrogens with zero attached hydrogens (tertiary/aromatic N) is 1. The molecule has 1 unspecified atom stereocenters. The molecule has 1 saturated heterocycles. The molecule has 2 rings (SSSR count). The highest BCUT2D eigenvalue weighted by Gasteiger charge is 2.26. The Morgan fingerprint density at radius 1 is 1.55 bits per heavy atom. The van der Waals surface area contributed by atoms with Crippen molar-refractivity contribution in [2.24, 2.45) is 5.92 Å². The fourth-order valence-electron chi connectivity index (χ4n) is 2.64. The number of carbonyl (C=O) groups excluding carboxylic acids is 1. The summed E-state index contributed by atoms with van der Waals surface area (Å²) in [6.07, 6.45) is 1.85. The number of likely N-dealkylation sites (tertiary alicyclic amines) is 1. The van der Waals surface area contributed by atoms with E-state index in [4.69, 9.17) is 11.6 Å². The molecule has 0 radical (unpaired) electrons. The van der Waals surface area contributed by atoms with Gasteiger partial charge in [-0.3, -0.25) is 9.69 Å². The molecule has 20 heavy (non-hydrogen) atoms. The van der Waals surface area contributed by atoms with Gasteiger partial charge in [-0.1, -0.05) is 17.7 Å². The first kappa shape index (κ1) is 15.3. The summed E-state index contributed by atoms with van der Waals surface area (Å²) in [6, 6.07) is 4.73. The Hall–Kier alpha value is -1.13. The van der Waals surface area contributed by atoms with Gasteiger partial charge in [0.25, 0.3) is 0 Å². The van der Waals surface area contributed by atoms with Gasteiger partial charge >= 0.3 is 0 Å². The molecular formula is C15H20ClFN2O. The SMILES string of the molecule is CCNC(=O)C1CCCN(Cc2c(F)cccc2Cl)C1. The van der Waals surface area contributed by atoms with Gasteiger partial charge in [0.1, 0.15) is 5.82 Å². The average molecular weight is 299 g/mol. The predicted octanol–water partition coefficient (Wildman–Crippen LogP) is 2.83. The largest absolute Gasteiger partial charge is 0.356 e. The molecule has 0 saturated carbocycles. The van der Waals surface area contributed by atoms with Crippen LogP contribution in [-0.2, 0) is 11.3 Å². The fraction of sp³-hybridized carbons (Fsp3) is 0.533. The maximum absolute atomic E-state index is 13.8. The Morgan fingerprint density at radius 2 is 2.35 bits per heavy atom. The normalized spacial score (nSPS) is 19.9. The number of amides is 1. The number of piperidine rings is 1. The Kier molecular flexibility index (Phi) is 5.38. The first-order chi connectivity index (χ1) is 9.61. The van der Waals surface area contributed by atoms with E-state index < -0.39 is 0 Å². The van der Waals surface area contributed by atoms with Crippen LogP contribution in [0.1, 0.15) is 25.3 Å². The van der Waals surface area contributed by atoms with Crippen molar-refractivity contribution >= 4 is 17.5 Å². The standard InChI is InChI=1S/C15H20ClFN2O/c1-2-18-15(20)11-5-4-8-19(9-11)10-12-13(16)6-3-7-14(12)17/h3,6-7,11H,2,4-5,8-10H2,1H3,(H,18,20). The van der Waals surface area contributed by atoms with E-state index in [1.54, 1.807) is 12.1 Å². The molecule has 5 heteroatoms. The molecular weight excluding hydrogens is 279 g/mol. The van der Waals surface area contributed by atoms with E-state index in [1.807, 2.05) is 6.92 Å². The van der Waals surface area contributed by atoms with Crippen molar-refractivity contribution in [1.82, 2.24) is 10.2 Å². The second-order valence-electron chi connectivity index (χ2n) is 5.17. The first-order valence-corrected chi connectivity index (χ1v) is 7.42. The first-order valence-electron chi connectivity index (χ1n) is 7.04. The molecule has 0 bridgehead atoms. The van der Waals surface area contributed by atoms with Crippen LogP contribution in [0.4, 0.5) is 4.39 Å². The van der Waals surface area contributed by atoms with Crippen LogP contribution in [0.15, 0.2) is 18.2 Å². The second kappa shape index (κ2) is 7.04.